The molecule has 0 aliphatic heterocycles. The van der Waals surface area contributed by atoms with Crippen molar-refractivity contribution in [3.05, 3.63) is 265 Å². The topological polar surface area (TPSA) is 0 Å². The van der Waals surface area contributed by atoms with E-state index in [1.165, 1.54) is 121 Å². The molecule has 12 aromatic rings. The summed E-state index contributed by atoms with van der Waals surface area (Å²) >= 11 is 0. The van der Waals surface area contributed by atoms with Crippen LogP contribution in [0.2, 0.25) is 0 Å². The molecule has 0 heteroatoms. The molecule has 292 valence electrons. The molecule has 0 saturated heterocycles. The Kier molecular flexibility index (Phi) is 7.92. The zero-order chi connectivity index (χ0) is 41.5. The van der Waals surface area contributed by atoms with E-state index in [0.29, 0.717) is 0 Å². The van der Waals surface area contributed by atoms with Crippen LogP contribution in [0.5, 0.6) is 0 Å². The van der Waals surface area contributed by atoms with Crippen LogP contribution >= 0.6 is 0 Å². The van der Waals surface area contributed by atoms with Crippen molar-refractivity contribution in [2.45, 2.75) is 5.41 Å². The smallest absolute Gasteiger partial charge is 0.0622 e. The van der Waals surface area contributed by atoms with Crippen molar-refractivity contribution in [3.63, 3.8) is 0 Å². The highest BCUT2D eigenvalue weighted by Crippen LogP contribution is 2.63. The number of hydrogen-bond acceptors (Lipinski definition) is 0. The fraction of sp³-hybridized carbons (Fsp3) is 0.0159. The van der Waals surface area contributed by atoms with Crippen LogP contribution in [-0.2, 0) is 5.41 Å². The first-order chi connectivity index (χ1) is 31.3. The largest absolute Gasteiger partial charge is 0.0725 e. The Morgan fingerprint density at radius 1 is 0.206 bits per heavy atom. The van der Waals surface area contributed by atoms with Gasteiger partial charge in [0.15, 0.2) is 0 Å². The van der Waals surface area contributed by atoms with Crippen LogP contribution in [0.15, 0.2) is 243 Å². The summed E-state index contributed by atoms with van der Waals surface area (Å²) in [4.78, 5) is 0. The molecule has 0 unspecified atom stereocenters. The van der Waals surface area contributed by atoms with Crippen LogP contribution in [-0.4, -0.2) is 0 Å². The molecule has 1 aliphatic rings. The number of benzene rings is 12. The molecule has 1 aliphatic carbocycles. The van der Waals surface area contributed by atoms with E-state index in [4.69, 9.17) is 0 Å². The third-order valence-electron chi connectivity index (χ3n) is 13.9. The van der Waals surface area contributed by atoms with Crippen molar-refractivity contribution >= 4 is 53.9 Å². The molecule has 0 bridgehead atoms. The molecular formula is C63H40. The van der Waals surface area contributed by atoms with Gasteiger partial charge >= 0.3 is 0 Å². The molecule has 0 fully saturated rings. The lowest BCUT2D eigenvalue weighted by Crippen LogP contribution is -2.29. The quantitative estimate of drug-likeness (QED) is 0.120. The Morgan fingerprint density at radius 2 is 0.587 bits per heavy atom. The average molecular weight is 797 g/mol. The molecule has 63 heavy (non-hydrogen) atoms. The van der Waals surface area contributed by atoms with Crippen LogP contribution in [0.3, 0.4) is 0 Å². The minimum Gasteiger partial charge on any atom is -0.0622 e. The molecule has 0 saturated carbocycles. The average Bonchev–Trinajstić information content (AvgIpc) is 3.69. The molecule has 0 nitrogen and oxygen atoms in total. The van der Waals surface area contributed by atoms with Crippen molar-refractivity contribution in [3.8, 4) is 44.5 Å². The van der Waals surface area contributed by atoms with Gasteiger partial charge in [-0.15, -0.1) is 0 Å². The predicted molar refractivity (Wildman–Crippen MR) is 268 cm³/mol. The first kappa shape index (κ1) is 35.7. The minimum absolute atomic E-state index is 0.604. The van der Waals surface area contributed by atoms with Crippen molar-refractivity contribution in [2.24, 2.45) is 0 Å². The lowest BCUT2D eigenvalue weighted by atomic mass is 9.65. The minimum atomic E-state index is -0.604. The second kappa shape index (κ2) is 14.0. The zero-order valence-corrected chi connectivity index (χ0v) is 34.6. The summed E-state index contributed by atoms with van der Waals surface area (Å²) in [7, 11) is 0. The SMILES string of the molecule is c1ccc(-c2cccc(-c3c4ccccc4c(-c4cc5c(c6ccccc46)C(c4ccccc4)(c4ccccc4)c4c-5c5ccccc5c5ccccc45)c4ccccc34)c2)cc1. The van der Waals surface area contributed by atoms with Gasteiger partial charge in [-0.1, -0.05) is 231 Å². The van der Waals surface area contributed by atoms with E-state index in [2.05, 4.69) is 243 Å². The van der Waals surface area contributed by atoms with Gasteiger partial charge in [-0.05, 0) is 133 Å². The second-order valence-corrected chi connectivity index (χ2v) is 17.0. The monoisotopic (exact) mass is 796 g/mol. The third-order valence-corrected chi connectivity index (χ3v) is 13.9. The van der Waals surface area contributed by atoms with Crippen LogP contribution in [0.1, 0.15) is 22.3 Å². The van der Waals surface area contributed by atoms with Gasteiger partial charge in [-0.25, -0.2) is 0 Å². The van der Waals surface area contributed by atoms with E-state index < -0.39 is 5.41 Å². The van der Waals surface area contributed by atoms with Gasteiger partial charge in [-0.2, -0.15) is 0 Å². The van der Waals surface area contributed by atoms with E-state index >= 15 is 0 Å². The van der Waals surface area contributed by atoms with Crippen molar-refractivity contribution in [2.75, 3.05) is 0 Å². The summed E-state index contributed by atoms with van der Waals surface area (Å²) in [6.45, 7) is 0. The van der Waals surface area contributed by atoms with Gasteiger partial charge in [0.2, 0.25) is 0 Å². The fourth-order valence-corrected chi connectivity index (χ4v) is 11.5. The molecule has 0 aromatic heterocycles. The molecule has 0 atom stereocenters. The summed E-state index contributed by atoms with van der Waals surface area (Å²) in [6.07, 6.45) is 0. The van der Waals surface area contributed by atoms with Gasteiger partial charge in [0, 0.05) is 0 Å². The van der Waals surface area contributed by atoms with E-state index in [9.17, 15) is 0 Å². The maximum atomic E-state index is 2.58. The van der Waals surface area contributed by atoms with Gasteiger partial charge in [0.25, 0.3) is 0 Å². The second-order valence-electron chi connectivity index (χ2n) is 17.0. The van der Waals surface area contributed by atoms with Crippen LogP contribution in [0.4, 0.5) is 0 Å². The number of fused-ring (bicyclic) bond motifs is 12. The Balaban J connectivity index is 1.21. The normalized spacial score (nSPS) is 12.9. The zero-order valence-electron chi connectivity index (χ0n) is 34.6. The summed E-state index contributed by atoms with van der Waals surface area (Å²) in [5.74, 6) is 0. The maximum Gasteiger partial charge on any atom is 0.0725 e. The van der Waals surface area contributed by atoms with Gasteiger partial charge in [0.05, 0.1) is 5.41 Å². The van der Waals surface area contributed by atoms with E-state index in [1.54, 1.807) is 0 Å². The summed E-state index contributed by atoms with van der Waals surface area (Å²) in [6, 6.07) is 90.6. The third kappa shape index (κ3) is 5.10. The summed E-state index contributed by atoms with van der Waals surface area (Å²) < 4.78 is 0. The fourth-order valence-electron chi connectivity index (χ4n) is 11.5. The molecule has 13 rings (SSSR count). The Labute approximate surface area is 367 Å². The van der Waals surface area contributed by atoms with Gasteiger partial charge in [-0.3, -0.25) is 0 Å². The van der Waals surface area contributed by atoms with E-state index in [1.807, 2.05) is 0 Å². The molecular weight excluding hydrogens is 757 g/mol. The highest BCUT2D eigenvalue weighted by atomic mass is 14.5. The van der Waals surface area contributed by atoms with Crippen molar-refractivity contribution < 1.29 is 0 Å². The number of hydrogen-bond donors (Lipinski definition) is 0. The molecule has 0 heterocycles. The Morgan fingerprint density at radius 3 is 1.14 bits per heavy atom. The van der Waals surface area contributed by atoms with Gasteiger partial charge < -0.3 is 0 Å². The summed E-state index contributed by atoms with van der Waals surface area (Å²) in [5.41, 5.74) is 14.7. The van der Waals surface area contributed by atoms with E-state index in [-0.39, 0.29) is 0 Å². The highest BCUT2D eigenvalue weighted by molar-refractivity contribution is 6.26. The number of rotatable bonds is 5. The molecule has 0 N–H and O–H groups in total. The molecule has 0 spiro atoms. The van der Waals surface area contributed by atoms with Gasteiger partial charge in [0.1, 0.15) is 0 Å². The van der Waals surface area contributed by atoms with Crippen molar-refractivity contribution in [1.29, 1.82) is 0 Å². The first-order valence-corrected chi connectivity index (χ1v) is 22.0. The van der Waals surface area contributed by atoms with Crippen LogP contribution in [0.25, 0.3) is 98.4 Å². The van der Waals surface area contributed by atoms with E-state index in [0.717, 1.165) is 0 Å². The predicted octanol–water partition coefficient (Wildman–Crippen LogP) is 16.8. The first-order valence-electron chi connectivity index (χ1n) is 22.0. The van der Waals surface area contributed by atoms with Crippen LogP contribution in [0, 0.1) is 0 Å². The Hall–Kier alpha value is -8.06. The lowest BCUT2D eigenvalue weighted by Gasteiger charge is -2.36. The van der Waals surface area contributed by atoms with Crippen molar-refractivity contribution in [1.82, 2.24) is 0 Å². The van der Waals surface area contributed by atoms with Crippen LogP contribution < -0.4 is 0 Å². The highest BCUT2D eigenvalue weighted by Gasteiger charge is 2.49. The summed E-state index contributed by atoms with van der Waals surface area (Å²) in [5, 5.41) is 12.7. The maximum absolute atomic E-state index is 2.58. The standard InChI is InChI=1S/C63H40/c1-4-21-41(22-5-1)42-23-20-24-43(39-42)58-50-33-14-16-35-52(50)59(53-36-17-15-34-51(53)58)56-40-57-60-49-32-13-10-29-46(49)47-30-11-19-38-55(47)62(60)63(44-25-6-2-7-26-44,45-27-8-3-9-28-45)61(57)54-37-18-12-31-48(54)56/h1-40H. The lowest BCUT2D eigenvalue weighted by molar-refractivity contribution is 0.783. The molecule has 0 amide bonds. The molecule has 0 radical (unpaired) electrons. The molecule has 12 aromatic carbocycles. The Bertz CT molecular complexity index is 3670.